The number of phosphoric ester groups is 3. The number of unbranched alkanes of at least 4 members (excludes halogenated alkanes) is 12. The molecule has 1 fully saturated rings. The zero-order valence-corrected chi connectivity index (χ0v) is 37.4. The van der Waals surface area contributed by atoms with Crippen LogP contribution in [0.3, 0.4) is 0 Å². The highest BCUT2D eigenvalue weighted by atomic mass is 31.2. The minimum Gasteiger partial charge on any atom is -0.456 e. The maximum atomic E-state index is 13.0. The molecule has 0 aromatic rings. The lowest BCUT2D eigenvalue weighted by atomic mass is 9.85. The summed E-state index contributed by atoms with van der Waals surface area (Å²) < 4.78 is 64.5. The first-order valence-corrected chi connectivity index (χ1v) is 24.3. The Labute approximate surface area is 367 Å². The quantitative estimate of drug-likeness (QED) is 0.0203. The second-order valence-electron chi connectivity index (χ2n) is 13.5. The van der Waals surface area contributed by atoms with Crippen LogP contribution < -0.4 is 0 Å². The van der Waals surface area contributed by atoms with Crippen LogP contribution in [-0.4, -0.2) is 108 Å². The zero-order chi connectivity index (χ0) is 47.2. The number of carbonyl (C=O) groups excluding carboxylic acids is 2. The van der Waals surface area contributed by atoms with Crippen LogP contribution in [0.1, 0.15) is 104 Å². The average Bonchev–Trinajstić information content (AvgIpc) is 3.20. The van der Waals surface area contributed by atoms with Gasteiger partial charge in [0.05, 0.1) is 6.61 Å². The smallest absolute Gasteiger partial charge is 0.456 e. The number of rotatable bonds is 26. The fourth-order valence-corrected chi connectivity index (χ4v) is 7.62. The molecule has 63 heavy (non-hydrogen) atoms. The van der Waals surface area contributed by atoms with Crippen molar-refractivity contribution in [3.05, 3.63) is 0 Å². The highest BCUT2D eigenvalue weighted by molar-refractivity contribution is 7.47. The topological polar surface area (TPSA) is 303 Å². The van der Waals surface area contributed by atoms with Gasteiger partial charge < -0.3 is 49.3 Å². The maximum absolute atomic E-state index is 13.0. The summed E-state index contributed by atoms with van der Waals surface area (Å²) in [5.41, 5.74) is 0. The Hall–Kier alpha value is -3.93. The van der Waals surface area contributed by atoms with Gasteiger partial charge in [-0.25, -0.2) is 18.5 Å². The predicted molar refractivity (Wildman–Crippen MR) is 224 cm³/mol. The molecule has 1 aliphatic rings. The number of phosphoric acid groups is 3. The van der Waals surface area contributed by atoms with E-state index in [1.54, 1.807) is 6.92 Å². The summed E-state index contributed by atoms with van der Waals surface area (Å²) in [7, 11) is -16.7. The molecule has 1 rings (SSSR count). The summed E-state index contributed by atoms with van der Waals surface area (Å²) in [4.78, 5) is 72.4. The molecular formula is C41H53O19P3. The molecule has 22 heteroatoms. The molecule has 0 spiro atoms. The first-order valence-electron chi connectivity index (χ1n) is 19.8. The van der Waals surface area contributed by atoms with Gasteiger partial charge in [-0.3, -0.25) is 22.9 Å². The standard InChI is InChI=1S/C41H53O19P3/c1-3-5-7-9-11-13-15-17-19-21-23-25-27-29-34(42)55-31-33(57-35(43)30-28-26-24-22-20-18-16-14-12-10-8-6-4-2)32-56-63(53,54)60-39-36(44)37(45)40(58-61(47,48)49)41(38(39)46)59-62(50,51)52/h33,36-41,44-46H,4,6,8,10,12,14,16,18,20,22,24,26,28,30-32H2,1-2H3,(H,53,54)(H2,47,48,49)(H2,50,51,52)/t33-,36-,37?,38?,39?,40-,41-/m0/s1. The third-order valence-electron chi connectivity index (χ3n) is 8.38. The van der Waals surface area contributed by atoms with Gasteiger partial charge in [0.1, 0.15) is 43.2 Å². The van der Waals surface area contributed by atoms with Crippen molar-refractivity contribution < 1.29 is 90.6 Å². The Morgan fingerprint density at radius 1 is 0.540 bits per heavy atom. The van der Waals surface area contributed by atoms with Crippen molar-refractivity contribution in [2.45, 2.75) is 146 Å². The second kappa shape index (κ2) is 31.8. The number of carbonyl (C=O) groups is 2. The van der Waals surface area contributed by atoms with E-state index < -0.39 is 91.3 Å². The van der Waals surface area contributed by atoms with Crippen LogP contribution in [0.2, 0.25) is 0 Å². The van der Waals surface area contributed by atoms with Crippen molar-refractivity contribution in [3.8, 4) is 82.9 Å². The van der Waals surface area contributed by atoms with Crippen LogP contribution in [-0.2, 0) is 50.9 Å². The second-order valence-corrected chi connectivity index (χ2v) is 17.3. The van der Waals surface area contributed by atoms with Gasteiger partial charge in [-0.05, 0) is 84.4 Å². The highest BCUT2D eigenvalue weighted by Crippen LogP contribution is 2.51. The lowest BCUT2D eigenvalue weighted by Crippen LogP contribution is -2.65. The summed E-state index contributed by atoms with van der Waals surface area (Å²) >= 11 is 0. The largest absolute Gasteiger partial charge is 0.472 e. The van der Waals surface area contributed by atoms with Crippen molar-refractivity contribution in [1.82, 2.24) is 0 Å². The molecule has 0 heterocycles. The summed E-state index contributed by atoms with van der Waals surface area (Å²) in [6, 6.07) is 0. The van der Waals surface area contributed by atoms with Gasteiger partial charge in [0.15, 0.2) is 6.10 Å². The van der Waals surface area contributed by atoms with E-state index in [4.69, 9.17) is 18.5 Å². The number of aliphatic hydroxyl groups is 3. The van der Waals surface area contributed by atoms with Crippen molar-refractivity contribution in [3.63, 3.8) is 0 Å². The van der Waals surface area contributed by atoms with E-state index in [-0.39, 0.29) is 6.42 Å². The predicted octanol–water partition coefficient (Wildman–Crippen LogP) is 2.52. The number of ether oxygens (including phenoxy) is 2. The van der Waals surface area contributed by atoms with Crippen LogP contribution in [0.15, 0.2) is 0 Å². The molecule has 1 aliphatic carbocycles. The van der Waals surface area contributed by atoms with Crippen LogP contribution in [0.5, 0.6) is 0 Å². The number of esters is 2. The van der Waals surface area contributed by atoms with E-state index in [1.165, 1.54) is 44.9 Å². The Bertz CT molecular complexity index is 2070. The average molecular weight is 943 g/mol. The van der Waals surface area contributed by atoms with Gasteiger partial charge in [-0.1, -0.05) is 89.9 Å². The SMILES string of the molecule is CC#CC#CC#CC#CC#CC#CC#CC(=O)OC[C@@H](COP(=O)(O)OC1C(O)[C@H](OP(=O)(O)O)[C@@H](OP(=O)(O)O)C(O)[C@@H]1O)OC(=O)CCCCCCCCCCCCCCC. The molecule has 8 N–H and O–H groups in total. The first kappa shape index (κ1) is 57.1. The molecule has 4 unspecified atom stereocenters. The molecule has 1 saturated carbocycles. The molecule has 0 saturated heterocycles. The van der Waals surface area contributed by atoms with Gasteiger partial charge in [0, 0.05) is 12.3 Å². The zero-order valence-electron chi connectivity index (χ0n) is 34.8. The van der Waals surface area contributed by atoms with Gasteiger partial charge in [-0.15, -0.1) is 0 Å². The monoisotopic (exact) mass is 942 g/mol. The van der Waals surface area contributed by atoms with E-state index in [1.807, 2.05) is 5.92 Å². The molecule has 0 amide bonds. The first-order chi connectivity index (χ1) is 29.8. The fourth-order valence-electron chi connectivity index (χ4n) is 5.52. The van der Waals surface area contributed by atoms with E-state index in [0.29, 0.717) is 12.8 Å². The van der Waals surface area contributed by atoms with Gasteiger partial charge in [0.2, 0.25) is 0 Å². The lowest BCUT2D eigenvalue weighted by molar-refractivity contribution is -0.213. The number of hydrogen-bond donors (Lipinski definition) is 8. The summed E-state index contributed by atoms with van der Waals surface area (Å²) in [5.74, 6) is 31.2. The number of hydrogen-bond acceptors (Lipinski definition) is 14. The molecule has 0 aromatic carbocycles. The minimum absolute atomic E-state index is 0.0811. The van der Waals surface area contributed by atoms with Crippen LogP contribution in [0.25, 0.3) is 0 Å². The summed E-state index contributed by atoms with van der Waals surface area (Å²) in [5, 5.41) is 31.7. The summed E-state index contributed by atoms with van der Waals surface area (Å²) in [6.07, 6.45) is -3.06. The van der Waals surface area contributed by atoms with Crippen molar-refractivity contribution in [1.29, 1.82) is 0 Å². The van der Waals surface area contributed by atoms with E-state index >= 15 is 0 Å². The Morgan fingerprint density at radius 2 is 0.952 bits per heavy atom. The Morgan fingerprint density at radius 3 is 1.41 bits per heavy atom. The third-order valence-corrected chi connectivity index (χ3v) is 10.4. The molecule has 346 valence electrons. The number of aliphatic hydroxyl groups excluding tert-OH is 3. The van der Waals surface area contributed by atoms with Crippen LogP contribution >= 0.6 is 23.5 Å². The molecule has 0 aliphatic heterocycles. The fraction of sp³-hybridized carbons (Fsp3) is 0.610. The molecule has 8 atom stereocenters. The van der Waals surface area contributed by atoms with Crippen molar-refractivity contribution in [2.24, 2.45) is 0 Å². The minimum atomic E-state index is -5.63. The van der Waals surface area contributed by atoms with Crippen LogP contribution in [0, 0.1) is 82.9 Å². The summed E-state index contributed by atoms with van der Waals surface area (Å²) in [6.45, 7) is 1.99. The van der Waals surface area contributed by atoms with E-state index in [0.717, 1.165) is 25.7 Å². The van der Waals surface area contributed by atoms with Crippen molar-refractivity contribution in [2.75, 3.05) is 13.2 Å². The molecule has 0 bridgehead atoms. The van der Waals surface area contributed by atoms with Crippen molar-refractivity contribution >= 4 is 35.4 Å². The van der Waals surface area contributed by atoms with Crippen LogP contribution in [0.4, 0.5) is 0 Å². The van der Waals surface area contributed by atoms with Gasteiger partial charge in [-0.2, -0.15) is 0 Å². The molecule has 19 nitrogen and oxygen atoms in total. The lowest BCUT2D eigenvalue weighted by Gasteiger charge is -2.44. The molecule has 0 aromatic heterocycles. The maximum Gasteiger partial charge on any atom is 0.472 e. The third kappa shape index (κ3) is 28.5. The Kier molecular flexibility index (Phi) is 28.9. The normalized spacial score (nSPS) is 20.3. The van der Waals surface area contributed by atoms with Gasteiger partial charge in [0.25, 0.3) is 0 Å². The van der Waals surface area contributed by atoms with Gasteiger partial charge >= 0.3 is 35.4 Å². The van der Waals surface area contributed by atoms with E-state index in [2.05, 4.69) is 92.9 Å². The van der Waals surface area contributed by atoms with E-state index in [9.17, 15) is 63.1 Å². The highest BCUT2D eigenvalue weighted by Gasteiger charge is 2.56. The molecule has 0 radical (unpaired) electrons. The Balaban J connectivity index is 2.96. The molecular weight excluding hydrogens is 889 g/mol.